The van der Waals surface area contributed by atoms with Gasteiger partial charge in [0, 0.05) is 11.6 Å². The van der Waals surface area contributed by atoms with Crippen LogP contribution in [0.15, 0.2) is 100 Å². The Hall–Kier alpha value is -4.91. The molecule has 0 aliphatic carbocycles. The number of nitrogens with zero attached hydrogens (tertiary/aromatic N) is 1. The van der Waals surface area contributed by atoms with Crippen LogP contribution in [-0.2, 0) is 13.2 Å². The molecule has 4 aromatic carbocycles. The molecule has 0 radical (unpaired) electrons. The van der Waals surface area contributed by atoms with E-state index in [1.807, 2.05) is 73.7 Å². The van der Waals surface area contributed by atoms with Crippen LogP contribution in [0.1, 0.15) is 22.3 Å². The maximum Gasteiger partial charge on any atom is 0.312 e. The molecule has 0 aliphatic rings. The third-order valence-electron chi connectivity index (χ3n) is 6.17. The molecule has 5 aromatic rings. The highest BCUT2D eigenvalue weighted by Gasteiger charge is 2.24. The number of hydrogen-bond acceptors (Lipinski definition) is 6. The minimum Gasteiger partial charge on any atom is -0.489 e. The van der Waals surface area contributed by atoms with E-state index in [0.717, 1.165) is 16.7 Å². The van der Waals surface area contributed by atoms with Crippen LogP contribution in [0.2, 0.25) is 0 Å². The average molecular weight is 508 g/mol. The molecular formula is C31H25NO6. The van der Waals surface area contributed by atoms with Gasteiger partial charge in [0.1, 0.15) is 19.0 Å². The summed E-state index contributed by atoms with van der Waals surface area (Å²) in [6.07, 6.45) is 0. The number of nitro benzene ring substituents is 1. The van der Waals surface area contributed by atoms with Gasteiger partial charge in [-0.05, 0) is 60.4 Å². The van der Waals surface area contributed by atoms with Gasteiger partial charge in [-0.2, -0.15) is 0 Å². The van der Waals surface area contributed by atoms with Crippen molar-refractivity contribution in [3.05, 3.63) is 134 Å². The first kappa shape index (κ1) is 24.8. The smallest absolute Gasteiger partial charge is 0.312 e. The summed E-state index contributed by atoms with van der Waals surface area (Å²) in [6, 6.07) is 27.6. The van der Waals surface area contributed by atoms with Gasteiger partial charge in [0.2, 0.25) is 16.8 Å². The Labute approximate surface area is 219 Å². The van der Waals surface area contributed by atoms with Crippen LogP contribution in [0.5, 0.6) is 11.5 Å². The first-order valence-corrected chi connectivity index (χ1v) is 12.1. The highest BCUT2D eigenvalue weighted by molar-refractivity contribution is 5.89. The predicted molar refractivity (Wildman–Crippen MR) is 146 cm³/mol. The Bertz CT molecular complexity index is 1680. The molecule has 38 heavy (non-hydrogen) atoms. The zero-order valence-electron chi connectivity index (χ0n) is 21.0. The number of non-ortho nitro benzene ring substituents is 1. The molecule has 1 aromatic heterocycles. The Balaban J connectivity index is 1.59. The van der Waals surface area contributed by atoms with Crippen molar-refractivity contribution in [2.45, 2.75) is 27.1 Å². The summed E-state index contributed by atoms with van der Waals surface area (Å²) in [4.78, 5) is 24.9. The minimum absolute atomic E-state index is 0.00129. The van der Waals surface area contributed by atoms with Crippen LogP contribution in [-0.4, -0.2) is 4.92 Å². The van der Waals surface area contributed by atoms with E-state index in [-0.39, 0.29) is 34.8 Å². The van der Waals surface area contributed by atoms with Gasteiger partial charge in [0.05, 0.1) is 10.3 Å². The topological polar surface area (TPSA) is 91.8 Å². The quantitative estimate of drug-likeness (QED) is 0.164. The fourth-order valence-corrected chi connectivity index (χ4v) is 4.28. The molecule has 7 nitrogen and oxygen atoms in total. The van der Waals surface area contributed by atoms with Gasteiger partial charge < -0.3 is 13.9 Å². The van der Waals surface area contributed by atoms with E-state index in [0.29, 0.717) is 23.5 Å². The van der Waals surface area contributed by atoms with E-state index in [1.165, 1.54) is 6.07 Å². The summed E-state index contributed by atoms with van der Waals surface area (Å²) in [6.45, 7) is 4.12. The largest absolute Gasteiger partial charge is 0.489 e. The van der Waals surface area contributed by atoms with Crippen LogP contribution in [0, 0.1) is 24.0 Å². The normalized spacial score (nSPS) is 10.9. The lowest BCUT2D eigenvalue weighted by Crippen LogP contribution is -2.11. The number of nitro groups is 1. The molecule has 0 saturated carbocycles. The predicted octanol–water partition coefficient (Wildman–Crippen LogP) is 7.14. The Morgan fingerprint density at radius 3 is 2.05 bits per heavy atom. The molecule has 190 valence electrons. The second-order valence-corrected chi connectivity index (χ2v) is 9.04. The highest BCUT2D eigenvalue weighted by Crippen LogP contribution is 2.37. The van der Waals surface area contributed by atoms with Crippen LogP contribution in [0.3, 0.4) is 0 Å². The molecule has 0 atom stereocenters. The van der Waals surface area contributed by atoms with Crippen LogP contribution >= 0.6 is 0 Å². The summed E-state index contributed by atoms with van der Waals surface area (Å²) in [7, 11) is 0. The maximum atomic E-state index is 13.6. The summed E-state index contributed by atoms with van der Waals surface area (Å²) < 4.78 is 18.1. The lowest BCUT2D eigenvalue weighted by molar-refractivity contribution is -0.383. The van der Waals surface area contributed by atoms with E-state index in [1.54, 1.807) is 25.1 Å². The first-order chi connectivity index (χ1) is 18.4. The standard InChI is InChI=1S/C31H25NO6/c1-20-15-25-28(33)31(37-19-23-11-7-4-8-12-23)29(38-30(25)26(16-20)32(34)35)24-13-14-27(21(2)17-24)36-18-22-9-5-3-6-10-22/h3-17H,18-19H2,1-2H3. The molecule has 0 N–H and O–H groups in total. The van der Waals surface area contributed by atoms with E-state index in [4.69, 9.17) is 13.9 Å². The van der Waals surface area contributed by atoms with Crippen molar-refractivity contribution in [1.82, 2.24) is 0 Å². The number of hydrogen-bond donors (Lipinski definition) is 0. The summed E-state index contributed by atoms with van der Waals surface area (Å²) in [5.74, 6) is 0.802. The molecule has 0 saturated heterocycles. The van der Waals surface area contributed by atoms with Crippen LogP contribution < -0.4 is 14.9 Å². The second-order valence-electron chi connectivity index (χ2n) is 9.04. The van der Waals surface area contributed by atoms with Crippen molar-refractivity contribution in [3.63, 3.8) is 0 Å². The van der Waals surface area contributed by atoms with E-state index in [9.17, 15) is 14.9 Å². The molecule has 0 amide bonds. The van der Waals surface area contributed by atoms with Crippen molar-refractivity contribution in [2.24, 2.45) is 0 Å². The lowest BCUT2D eigenvalue weighted by atomic mass is 10.0. The molecule has 0 unspecified atom stereocenters. The van der Waals surface area contributed by atoms with Crippen molar-refractivity contribution >= 4 is 16.7 Å². The van der Waals surface area contributed by atoms with E-state index < -0.39 is 10.4 Å². The number of rotatable bonds is 8. The summed E-state index contributed by atoms with van der Waals surface area (Å²) in [5.41, 5.74) is 3.02. The minimum atomic E-state index is -0.543. The number of fused-ring (bicyclic) bond motifs is 1. The molecule has 7 heteroatoms. The third kappa shape index (κ3) is 5.13. The van der Waals surface area contributed by atoms with Gasteiger partial charge in [-0.25, -0.2) is 0 Å². The van der Waals surface area contributed by atoms with Crippen molar-refractivity contribution in [3.8, 4) is 22.8 Å². The molecular weight excluding hydrogens is 482 g/mol. The Morgan fingerprint density at radius 1 is 0.816 bits per heavy atom. The molecule has 0 bridgehead atoms. The zero-order valence-corrected chi connectivity index (χ0v) is 21.0. The van der Waals surface area contributed by atoms with Gasteiger partial charge in [-0.15, -0.1) is 0 Å². The monoisotopic (exact) mass is 507 g/mol. The molecule has 1 heterocycles. The maximum absolute atomic E-state index is 13.6. The molecule has 5 rings (SSSR count). The third-order valence-corrected chi connectivity index (χ3v) is 6.17. The first-order valence-electron chi connectivity index (χ1n) is 12.1. The van der Waals surface area contributed by atoms with Crippen molar-refractivity contribution in [1.29, 1.82) is 0 Å². The number of ether oxygens (including phenoxy) is 2. The van der Waals surface area contributed by atoms with Gasteiger partial charge in [0.25, 0.3) is 0 Å². The lowest BCUT2D eigenvalue weighted by Gasteiger charge is -2.14. The zero-order chi connectivity index (χ0) is 26.6. The second kappa shape index (κ2) is 10.6. The summed E-state index contributed by atoms with van der Waals surface area (Å²) in [5, 5.41) is 11.9. The molecule has 0 spiro atoms. The number of aryl methyl sites for hydroxylation is 2. The van der Waals surface area contributed by atoms with Gasteiger partial charge in [0.15, 0.2) is 5.76 Å². The fraction of sp³-hybridized carbons (Fsp3) is 0.129. The van der Waals surface area contributed by atoms with E-state index >= 15 is 0 Å². The van der Waals surface area contributed by atoms with Crippen LogP contribution in [0.25, 0.3) is 22.3 Å². The van der Waals surface area contributed by atoms with Gasteiger partial charge >= 0.3 is 5.69 Å². The number of benzene rings is 4. The van der Waals surface area contributed by atoms with Crippen molar-refractivity contribution in [2.75, 3.05) is 0 Å². The van der Waals surface area contributed by atoms with E-state index in [2.05, 4.69) is 0 Å². The van der Waals surface area contributed by atoms with Gasteiger partial charge in [-0.3, -0.25) is 14.9 Å². The Morgan fingerprint density at radius 2 is 1.45 bits per heavy atom. The highest BCUT2D eigenvalue weighted by atomic mass is 16.6. The van der Waals surface area contributed by atoms with Gasteiger partial charge in [-0.1, -0.05) is 60.7 Å². The van der Waals surface area contributed by atoms with Crippen LogP contribution in [0.4, 0.5) is 5.69 Å². The molecule has 0 aliphatic heterocycles. The Kier molecular flexibility index (Phi) is 6.91. The van der Waals surface area contributed by atoms with Crippen molar-refractivity contribution < 1.29 is 18.8 Å². The molecule has 0 fully saturated rings. The fourth-order valence-electron chi connectivity index (χ4n) is 4.28. The average Bonchev–Trinajstić information content (AvgIpc) is 2.92. The summed E-state index contributed by atoms with van der Waals surface area (Å²) >= 11 is 0. The SMILES string of the molecule is Cc1cc([N+](=O)[O-])c2oc(-c3ccc(OCc4ccccc4)c(C)c3)c(OCc3ccccc3)c(=O)c2c1.